The zero-order chi connectivity index (χ0) is 41.7. The van der Waals surface area contributed by atoms with Crippen molar-refractivity contribution in [2.75, 3.05) is 26.2 Å². The molecule has 7 aliphatic rings. The predicted octanol–water partition coefficient (Wildman–Crippen LogP) is 7.60. The number of amides is 2. The summed E-state index contributed by atoms with van der Waals surface area (Å²) < 4.78 is 6.18. The van der Waals surface area contributed by atoms with Crippen molar-refractivity contribution in [2.45, 2.75) is 164 Å². The average molecular weight is 793 g/mol. The van der Waals surface area contributed by atoms with Gasteiger partial charge in [0.15, 0.2) is 5.78 Å². The van der Waals surface area contributed by atoms with Crippen molar-refractivity contribution in [1.29, 1.82) is 0 Å². The molecule has 318 valence electrons. The molecular formula is C47H72N2O8. The maximum atomic E-state index is 14.3. The average Bonchev–Trinajstić information content (AvgIpc) is 3.75. The molecule has 5 saturated carbocycles. The van der Waals surface area contributed by atoms with E-state index in [0.717, 1.165) is 69.8 Å². The number of fused-ring (bicyclic) bond motifs is 7. The molecule has 0 radical (unpaired) electrons. The molecule has 10 heteroatoms. The summed E-state index contributed by atoms with van der Waals surface area (Å²) in [6.07, 6.45) is 9.76. The first-order chi connectivity index (χ1) is 26.5. The smallest absolute Gasteiger partial charge is 0.309 e. The van der Waals surface area contributed by atoms with Crippen molar-refractivity contribution in [3.05, 3.63) is 11.1 Å². The number of rotatable bonds is 12. The van der Waals surface area contributed by atoms with Crippen molar-refractivity contribution in [1.82, 2.24) is 9.80 Å². The van der Waals surface area contributed by atoms with Crippen molar-refractivity contribution >= 4 is 29.5 Å². The second-order valence-electron chi connectivity index (χ2n) is 22.2. The predicted molar refractivity (Wildman–Crippen MR) is 216 cm³/mol. The summed E-state index contributed by atoms with van der Waals surface area (Å²) in [6, 6.07) is 0. The number of aliphatic carboxylic acids is 1. The molecule has 10 nitrogen and oxygen atoms in total. The highest BCUT2D eigenvalue weighted by molar-refractivity contribution is 6.01. The van der Waals surface area contributed by atoms with Gasteiger partial charge in [-0.3, -0.25) is 24.0 Å². The number of ketones is 1. The first-order valence-electron chi connectivity index (χ1n) is 22.5. The SMILES string of the molecule is CC(C)C1=C2[C@H]3CC[C@@H]4[C@@]5(C)CC[C@H](OC(=O)CC(C)(C)C(=O)O)C(C)(C)[C@@H]5CC[C@@]4(C)[C@]3(C)CCC2(C(O)CN(CC2CC2)C(=O)CN2CCCC2=O)CC1=O. The van der Waals surface area contributed by atoms with Gasteiger partial charge >= 0.3 is 11.9 Å². The first-order valence-corrected chi connectivity index (χ1v) is 22.5. The van der Waals surface area contributed by atoms with Crippen LogP contribution in [0.4, 0.5) is 0 Å². The number of aliphatic hydroxyl groups excluding tert-OH is 1. The van der Waals surface area contributed by atoms with Crippen LogP contribution in [-0.2, 0) is 28.7 Å². The van der Waals surface area contributed by atoms with Crippen LogP contribution in [0.25, 0.3) is 0 Å². The van der Waals surface area contributed by atoms with Crippen molar-refractivity contribution in [2.24, 2.45) is 62.1 Å². The molecule has 2 amide bonds. The molecule has 0 spiro atoms. The standard InChI is InChI=1S/C47H72N2O8/c1-28(2)39-31(50)23-47(34(51)26-49(25-29-12-13-29)37(53)27-48-22-10-11-36(48)52)21-20-45(8)30(40(39)47)14-15-33-44(7)18-17-35(57-38(54)24-42(3,4)41(55)56)43(5,6)32(44)16-19-46(33,45)9/h28-30,32-35,51H,10-27H2,1-9H3,(H,55,56)/t30-,32+,33-,34?,35+,44+,45-,46-,47?/m1/s1. The van der Waals surface area contributed by atoms with Crippen LogP contribution in [-0.4, -0.2) is 87.9 Å². The minimum absolute atomic E-state index is 0.0135. The molecule has 6 fully saturated rings. The van der Waals surface area contributed by atoms with E-state index in [1.54, 1.807) is 18.7 Å². The summed E-state index contributed by atoms with van der Waals surface area (Å²) in [5.74, 6) is 0.0346. The Kier molecular flexibility index (Phi) is 10.8. The van der Waals surface area contributed by atoms with Crippen LogP contribution in [0.3, 0.4) is 0 Å². The minimum atomic E-state index is -1.18. The Morgan fingerprint density at radius 3 is 2.23 bits per heavy atom. The van der Waals surface area contributed by atoms with Gasteiger partial charge in [0, 0.05) is 43.3 Å². The van der Waals surface area contributed by atoms with Gasteiger partial charge in [0.25, 0.3) is 0 Å². The van der Waals surface area contributed by atoms with Gasteiger partial charge in [0.1, 0.15) is 6.10 Å². The summed E-state index contributed by atoms with van der Waals surface area (Å²) in [5, 5.41) is 22.2. The molecule has 9 atom stereocenters. The summed E-state index contributed by atoms with van der Waals surface area (Å²) in [5.41, 5.74) is -0.135. The van der Waals surface area contributed by atoms with Gasteiger partial charge in [-0.25, -0.2) is 0 Å². The fourth-order valence-electron chi connectivity index (χ4n) is 14.3. The lowest BCUT2D eigenvalue weighted by Crippen LogP contribution is -2.66. The fraction of sp³-hybridized carbons (Fsp3) is 0.851. The lowest BCUT2D eigenvalue weighted by Gasteiger charge is -2.72. The quantitative estimate of drug-likeness (QED) is 0.193. The van der Waals surface area contributed by atoms with E-state index in [4.69, 9.17) is 4.74 Å². The third-order valence-corrected chi connectivity index (χ3v) is 17.9. The molecule has 7 rings (SSSR count). The number of Topliss-reactive ketones (excluding diaryl/α,β-unsaturated/α-hetero) is 1. The summed E-state index contributed by atoms with van der Waals surface area (Å²) in [4.78, 5) is 69.1. The van der Waals surface area contributed by atoms with Gasteiger partial charge in [0.05, 0.1) is 24.5 Å². The van der Waals surface area contributed by atoms with Crippen molar-refractivity contribution in [3.8, 4) is 0 Å². The maximum Gasteiger partial charge on any atom is 0.309 e. The molecule has 6 aliphatic carbocycles. The van der Waals surface area contributed by atoms with E-state index in [1.165, 1.54) is 5.57 Å². The normalized spacial score (nSPS) is 38.0. The highest BCUT2D eigenvalue weighted by Gasteiger charge is 2.71. The maximum absolute atomic E-state index is 14.3. The third kappa shape index (κ3) is 6.82. The van der Waals surface area contributed by atoms with E-state index < -0.39 is 28.9 Å². The monoisotopic (exact) mass is 793 g/mol. The number of carbonyl (C=O) groups is 5. The number of hydrogen-bond acceptors (Lipinski definition) is 7. The van der Waals surface area contributed by atoms with Crippen LogP contribution >= 0.6 is 0 Å². The number of carboxylic acids is 1. The Morgan fingerprint density at radius 1 is 0.912 bits per heavy atom. The van der Waals surface area contributed by atoms with Crippen LogP contribution in [0.15, 0.2) is 11.1 Å². The third-order valence-electron chi connectivity index (χ3n) is 17.9. The van der Waals surface area contributed by atoms with Gasteiger partial charge < -0.3 is 24.7 Å². The van der Waals surface area contributed by atoms with Crippen molar-refractivity contribution in [3.63, 3.8) is 0 Å². The van der Waals surface area contributed by atoms with E-state index >= 15 is 0 Å². The van der Waals surface area contributed by atoms with Crippen molar-refractivity contribution < 1.29 is 38.9 Å². The van der Waals surface area contributed by atoms with Gasteiger partial charge in [-0.15, -0.1) is 0 Å². The summed E-state index contributed by atoms with van der Waals surface area (Å²) in [7, 11) is 0. The van der Waals surface area contributed by atoms with Gasteiger partial charge in [-0.2, -0.15) is 0 Å². The van der Waals surface area contributed by atoms with Gasteiger partial charge in [0.2, 0.25) is 11.8 Å². The van der Waals surface area contributed by atoms with E-state index in [-0.39, 0.29) is 76.7 Å². The van der Waals surface area contributed by atoms with E-state index in [9.17, 15) is 34.2 Å². The number of hydrogen-bond donors (Lipinski definition) is 2. The van der Waals surface area contributed by atoms with E-state index in [0.29, 0.717) is 50.1 Å². The fourth-order valence-corrected chi connectivity index (χ4v) is 14.3. The Morgan fingerprint density at radius 2 is 1.61 bits per heavy atom. The number of nitrogens with zero attached hydrogens (tertiary/aromatic N) is 2. The largest absolute Gasteiger partial charge is 0.481 e. The molecule has 1 saturated heterocycles. The number of carboxylic acid groups (broad SMARTS) is 1. The second kappa shape index (κ2) is 14.5. The zero-order valence-corrected chi connectivity index (χ0v) is 36.5. The number of aliphatic hydroxyl groups is 1. The molecule has 1 heterocycles. The Balaban J connectivity index is 1.15. The Hall–Kier alpha value is -2.75. The molecule has 2 N–H and O–H groups in total. The molecule has 2 unspecified atom stereocenters. The second-order valence-corrected chi connectivity index (χ2v) is 22.2. The molecular weight excluding hydrogens is 721 g/mol. The molecule has 0 aromatic rings. The zero-order valence-electron chi connectivity index (χ0n) is 36.5. The summed E-state index contributed by atoms with van der Waals surface area (Å²) >= 11 is 0. The minimum Gasteiger partial charge on any atom is -0.481 e. The highest BCUT2D eigenvalue weighted by atomic mass is 16.5. The number of likely N-dealkylation sites (tertiary alicyclic amines) is 1. The van der Waals surface area contributed by atoms with Crippen LogP contribution in [0.5, 0.6) is 0 Å². The molecule has 0 aromatic carbocycles. The van der Waals surface area contributed by atoms with Crippen LogP contribution in [0.2, 0.25) is 0 Å². The van der Waals surface area contributed by atoms with E-state index in [2.05, 4.69) is 48.5 Å². The van der Waals surface area contributed by atoms with Gasteiger partial charge in [-0.05, 0) is 136 Å². The number of allylic oxidation sites excluding steroid dienone is 1. The Bertz CT molecular complexity index is 1710. The first kappa shape index (κ1) is 42.4. The lowest BCUT2D eigenvalue weighted by atomic mass is 9.33. The topological polar surface area (TPSA) is 142 Å². The van der Waals surface area contributed by atoms with Crippen LogP contribution < -0.4 is 0 Å². The number of ether oxygens (including phenoxy) is 1. The molecule has 0 aromatic heterocycles. The number of esters is 1. The van der Waals surface area contributed by atoms with Crippen LogP contribution in [0.1, 0.15) is 152 Å². The van der Waals surface area contributed by atoms with E-state index in [1.807, 2.05) is 4.90 Å². The number of carbonyl (C=O) groups excluding carboxylic acids is 4. The van der Waals surface area contributed by atoms with Gasteiger partial charge in [-0.1, -0.05) is 54.0 Å². The summed E-state index contributed by atoms with van der Waals surface area (Å²) in [6.45, 7) is 20.9. The lowest BCUT2D eigenvalue weighted by molar-refractivity contribution is -0.235. The molecule has 0 bridgehead atoms. The highest BCUT2D eigenvalue weighted by Crippen LogP contribution is 2.77. The Labute approximate surface area is 341 Å². The molecule has 57 heavy (non-hydrogen) atoms. The van der Waals surface area contributed by atoms with Crippen LogP contribution in [0, 0.1) is 62.1 Å². The molecule has 1 aliphatic heterocycles.